The SMILES string of the molecule is Cc1cc(C)c(Oc2nc(N3C4CC3CN(C(=O)C3CC3)C4)ccc2[N+](=O)[O-])c(C)c1. The number of hydrogen-bond acceptors (Lipinski definition) is 6. The standard InChI is InChI=1S/C23H26N4O4/c1-13-8-14(2)21(15(3)9-13)31-22-19(27(29)30)6-7-20(24-22)26-17-10-18(26)12-25(11-17)23(28)16-4-5-16/h6-9,16-18H,4-5,10-12H2,1-3H3. The van der Waals surface area contributed by atoms with Crippen LogP contribution in [0.2, 0.25) is 0 Å². The van der Waals surface area contributed by atoms with Crippen molar-refractivity contribution in [2.45, 2.75) is 52.1 Å². The van der Waals surface area contributed by atoms with Crippen molar-refractivity contribution in [2.75, 3.05) is 18.0 Å². The van der Waals surface area contributed by atoms with Gasteiger partial charge in [0.25, 0.3) is 0 Å². The lowest BCUT2D eigenvalue weighted by Gasteiger charge is -2.57. The summed E-state index contributed by atoms with van der Waals surface area (Å²) in [6.07, 6.45) is 3.03. The summed E-state index contributed by atoms with van der Waals surface area (Å²) in [6, 6.07) is 7.54. The number of fused-ring (bicyclic) bond motifs is 2. The first-order valence-corrected chi connectivity index (χ1v) is 10.8. The molecule has 0 N–H and O–H groups in total. The van der Waals surface area contributed by atoms with Crippen molar-refractivity contribution in [1.82, 2.24) is 9.88 Å². The second-order valence-corrected chi connectivity index (χ2v) is 9.05. The molecule has 1 aliphatic carbocycles. The van der Waals surface area contributed by atoms with E-state index in [9.17, 15) is 14.9 Å². The van der Waals surface area contributed by atoms with Gasteiger partial charge in [-0.25, -0.2) is 0 Å². The molecular weight excluding hydrogens is 396 g/mol. The second kappa shape index (κ2) is 7.21. The number of nitro groups is 1. The Bertz CT molecular complexity index is 1050. The highest BCUT2D eigenvalue weighted by molar-refractivity contribution is 5.81. The third-order valence-corrected chi connectivity index (χ3v) is 6.52. The molecule has 4 aliphatic rings. The molecule has 31 heavy (non-hydrogen) atoms. The van der Waals surface area contributed by atoms with Gasteiger partial charge in [-0.05, 0) is 57.2 Å². The van der Waals surface area contributed by atoms with Crippen LogP contribution in [0.1, 0.15) is 36.0 Å². The van der Waals surface area contributed by atoms with E-state index in [4.69, 9.17) is 4.74 Å². The van der Waals surface area contributed by atoms with Crippen molar-refractivity contribution in [1.29, 1.82) is 0 Å². The Kier molecular flexibility index (Phi) is 4.60. The zero-order valence-electron chi connectivity index (χ0n) is 18.0. The smallest absolute Gasteiger partial charge is 0.331 e. The first-order valence-electron chi connectivity index (χ1n) is 10.8. The van der Waals surface area contributed by atoms with Crippen molar-refractivity contribution >= 4 is 17.4 Å². The Hall–Kier alpha value is -3.16. The summed E-state index contributed by atoms with van der Waals surface area (Å²) in [5, 5.41) is 11.6. The van der Waals surface area contributed by atoms with Gasteiger partial charge in [0.2, 0.25) is 5.91 Å². The minimum absolute atomic E-state index is 0.00781. The average molecular weight is 422 g/mol. The third-order valence-electron chi connectivity index (χ3n) is 6.52. The number of hydrogen-bond donors (Lipinski definition) is 0. The minimum Gasteiger partial charge on any atom is -0.433 e. The van der Waals surface area contributed by atoms with Crippen LogP contribution in [0.25, 0.3) is 0 Å². The number of anilines is 1. The molecule has 2 aromatic rings. The van der Waals surface area contributed by atoms with Crippen molar-refractivity contribution in [3.63, 3.8) is 0 Å². The fourth-order valence-electron chi connectivity index (χ4n) is 4.96. The number of carbonyl (C=O) groups excluding carboxylic acids is 1. The summed E-state index contributed by atoms with van der Waals surface area (Å²) >= 11 is 0. The van der Waals surface area contributed by atoms with Crippen LogP contribution in [0, 0.1) is 36.8 Å². The van der Waals surface area contributed by atoms with Gasteiger partial charge in [-0.15, -0.1) is 0 Å². The molecular formula is C23H26N4O4. The van der Waals surface area contributed by atoms with Crippen LogP contribution in [0.5, 0.6) is 11.6 Å². The van der Waals surface area contributed by atoms with Crippen LogP contribution in [0.15, 0.2) is 24.3 Å². The number of carbonyl (C=O) groups is 1. The minimum atomic E-state index is -0.460. The van der Waals surface area contributed by atoms with Gasteiger partial charge in [0, 0.05) is 25.1 Å². The largest absolute Gasteiger partial charge is 0.433 e. The molecule has 1 aromatic carbocycles. The van der Waals surface area contributed by atoms with Gasteiger partial charge >= 0.3 is 11.6 Å². The van der Waals surface area contributed by atoms with Crippen molar-refractivity contribution < 1.29 is 14.5 Å². The summed E-state index contributed by atoms with van der Waals surface area (Å²) in [5.41, 5.74) is 2.78. The number of ether oxygens (including phenoxy) is 1. The molecule has 2 bridgehead atoms. The molecule has 3 saturated heterocycles. The molecule has 0 spiro atoms. The third kappa shape index (κ3) is 3.49. The number of benzene rings is 1. The summed E-state index contributed by atoms with van der Waals surface area (Å²) < 4.78 is 6.02. The number of aryl methyl sites for hydroxylation is 3. The zero-order valence-corrected chi connectivity index (χ0v) is 18.0. The van der Waals surface area contributed by atoms with E-state index in [1.807, 2.05) is 37.8 Å². The average Bonchev–Trinajstić information content (AvgIpc) is 3.55. The maximum atomic E-state index is 12.4. The predicted molar refractivity (Wildman–Crippen MR) is 116 cm³/mol. The number of piperazine rings is 1. The fraction of sp³-hybridized carbons (Fsp3) is 0.478. The van der Waals surface area contributed by atoms with Gasteiger partial charge in [0.1, 0.15) is 11.6 Å². The number of rotatable bonds is 5. The van der Waals surface area contributed by atoms with Gasteiger partial charge in [-0.3, -0.25) is 14.9 Å². The zero-order chi connectivity index (χ0) is 21.9. The lowest BCUT2D eigenvalue weighted by molar-refractivity contribution is -0.386. The molecule has 1 saturated carbocycles. The van der Waals surface area contributed by atoms with E-state index in [2.05, 4.69) is 9.88 Å². The maximum Gasteiger partial charge on any atom is 0.331 e. The van der Waals surface area contributed by atoms with Gasteiger partial charge < -0.3 is 14.5 Å². The van der Waals surface area contributed by atoms with Gasteiger partial charge in [-0.2, -0.15) is 4.98 Å². The van der Waals surface area contributed by atoms with Crippen LogP contribution in [-0.4, -0.2) is 45.9 Å². The monoisotopic (exact) mass is 422 g/mol. The molecule has 3 aliphatic heterocycles. The predicted octanol–water partition coefficient (Wildman–Crippen LogP) is 3.91. The quantitative estimate of drug-likeness (QED) is 0.536. The van der Waals surface area contributed by atoms with E-state index in [0.717, 1.165) is 36.0 Å². The van der Waals surface area contributed by atoms with Crippen molar-refractivity contribution in [3.05, 3.63) is 51.1 Å². The van der Waals surface area contributed by atoms with Crippen LogP contribution < -0.4 is 9.64 Å². The van der Waals surface area contributed by atoms with E-state index in [0.29, 0.717) is 24.7 Å². The highest BCUT2D eigenvalue weighted by Crippen LogP contribution is 2.41. The van der Waals surface area contributed by atoms with E-state index >= 15 is 0 Å². The van der Waals surface area contributed by atoms with Crippen LogP contribution in [0.4, 0.5) is 11.5 Å². The lowest BCUT2D eigenvalue weighted by atomic mass is 9.87. The fourth-order valence-corrected chi connectivity index (χ4v) is 4.96. The highest BCUT2D eigenvalue weighted by atomic mass is 16.6. The summed E-state index contributed by atoms with van der Waals surface area (Å²) in [4.78, 5) is 32.3. The lowest BCUT2D eigenvalue weighted by Crippen LogP contribution is -2.70. The van der Waals surface area contributed by atoms with Crippen LogP contribution >= 0.6 is 0 Å². The molecule has 1 aromatic heterocycles. The van der Waals surface area contributed by atoms with E-state index in [1.54, 1.807) is 6.07 Å². The molecule has 4 heterocycles. The van der Waals surface area contributed by atoms with Gasteiger partial charge in [-0.1, -0.05) is 17.7 Å². The van der Waals surface area contributed by atoms with Crippen LogP contribution in [-0.2, 0) is 4.79 Å². The van der Waals surface area contributed by atoms with Gasteiger partial charge in [0.15, 0.2) is 0 Å². The normalized spacial score (nSPS) is 22.2. The number of pyridine rings is 1. The molecule has 2 atom stereocenters. The Morgan fingerprint density at radius 1 is 1.13 bits per heavy atom. The van der Waals surface area contributed by atoms with Crippen LogP contribution in [0.3, 0.4) is 0 Å². The van der Waals surface area contributed by atoms with E-state index < -0.39 is 4.92 Å². The summed E-state index contributed by atoms with van der Waals surface area (Å²) in [7, 11) is 0. The second-order valence-electron chi connectivity index (χ2n) is 9.05. The van der Waals surface area contributed by atoms with Gasteiger partial charge in [0.05, 0.1) is 17.0 Å². The number of aromatic nitrogens is 1. The Labute approximate surface area is 181 Å². The Morgan fingerprint density at radius 2 is 1.77 bits per heavy atom. The molecule has 0 radical (unpaired) electrons. The first-order chi connectivity index (χ1) is 14.8. The topological polar surface area (TPSA) is 88.8 Å². The van der Waals surface area contributed by atoms with E-state index in [1.165, 1.54) is 6.07 Å². The Balaban J connectivity index is 1.42. The molecule has 1 amide bonds. The number of nitrogens with zero attached hydrogens (tertiary/aromatic N) is 4. The Morgan fingerprint density at radius 3 is 2.35 bits per heavy atom. The number of amides is 1. The van der Waals surface area contributed by atoms with Crippen molar-refractivity contribution in [3.8, 4) is 11.6 Å². The van der Waals surface area contributed by atoms with Crippen molar-refractivity contribution in [2.24, 2.45) is 5.92 Å². The molecule has 162 valence electrons. The molecule has 8 heteroatoms. The maximum absolute atomic E-state index is 12.4. The molecule has 2 unspecified atom stereocenters. The highest BCUT2D eigenvalue weighted by Gasteiger charge is 2.48. The summed E-state index contributed by atoms with van der Waals surface area (Å²) in [5.74, 6) is 1.78. The first kappa shape index (κ1) is 19.8. The molecule has 6 rings (SSSR count). The summed E-state index contributed by atoms with van der Waals surface area (Å²) in [6.45, 7) is 7.24. The molecule has 8 nitrogen and oxygen atoms in total. The van der Waals surface area contributed by atoms with E-state index in [-0.39, 0.29) is 35.5 Å². The molecule has 4 fully saturated rings. The number of piperidine rings is 1.